The van der Waals surface area contributed by atoms with Crippen molar-refractivity contribution < 1.29 is 30.3 Å². The molecule has 0 aromatic heterocycles. The van der Waals surface area contributed by atoms with Gasteiger partial charge in [0.2, 0.25) is 5.78 Å². The zero-order valence-electron chi connectivity index (χ0n) is 27.7. The summed E-state index contributed by atoms with van der Waals surface area (Å²) in [6.45, 7) is 8.88. The summed E-state index contributed by atoms with van der Waals surface area (Å²) in [6.07, 6.45) is 17.5. The zero-order valence-corrected chi connectivity index (χ0v) is 27.7. The first kappa shape index (κ1) is 33.5. The van der Waals surface area contributed by atoms with Gasteiger partial charge in [0.05, 0.1) is 29.4 Å². The van der Waals surface area contributed by atoms with Crippen LogP contribution in [-0.2, 0) is 6.42 Å². The Hall–Kier alpha value is -3.45. The Balaban J connectivity index is 0.000000191. The van der Waals surface area contributed by atoms with Crippen molar-refractivity contribution in [1.29, 1.82) is 0 Å². The molecular formula is C41H50O6. The minimum Gasteiger partial charge on any atom is -0.507 e. The Morgan fingerprint density at radius 1 is 0.936 bits per heavy atom. The molecule has 250 valence electrons. The lowest BCUT2D eigenvalue weighted by Crippen LogP contribution is -2.35. The number of aromatic hydroxyl groups is 2. The molecule has 6 heteroatoms. The second-order valence-corrected chi connectivity index (χ2v) is 14.9. The molecule has 5 aliphatic carbocycles. The number of ketones is 1. The number of aliphatic hydroxyl groups is 3. The maximum absolute atomic E-state index is 12.2. The Morgan fingerprint density at radius 2 is 1.60 bits per heavy atom. The molecule has 7 rings (SSSR count). The topological polar surface area (TPSA) is 118 Å². The van der Waals surface area contributed by atoms with Gasteiger partial charge >= 0.3 is 0 Å². The molecule has 4 fully saturated rings. The number of phenols is 2. The van der Waals surface area contributed by atoms with Crippen LogP contribution in [0.3, 0.4) is 0 Å². The number of allylic oxidation sites excluding steroid dienone is 4. The van der Waals surface area contributed by atoms with Crippen molar-refractivity contribution in [2.45, 2.75) is 96.4 Å². The van der Waals surface area contributed by atoms with Crippen molar-refractivity contribution in [1.82, 2.24) is 0 Å². The molecule has 0 saturated heterocycles. The molecule has 0 spiro atoms. The summed E-state index contributed by atoms with van der Waals surface area (Å²) < 4.78 is 0. The molecule has 4 saturated carbocycles. The quantitative estimate of drug-likeness (QED) is 0.187. The maximum atomic E-state index is 12.2. The van der Waals surface area contributed by atoms with E-state index >= 15 is 0 Å². The van der Waals surface area contributed by atoms with Gasteiger partial charge < -0.3 is 25.5 Å². The summed E-state index contributed by atoms with van der Waals surface area (Å²) in [6, 6.07) is 10.0. The number of benzene rings is 2. The molecule has 0 heterocycles. The Labute approximate surface area is 278 Å². The van der Waals surface area contributed by atoms with Crippen LogP contribution in [0, 0.1) is 29.1 Å². The average Bonchev–Trinajstić information content (AvgIpc) is 3.82. The molecule has 2 aromatic carbocycles. The average molecular weight is 639 g/mol. The maximum Gasteiger partial charge on any atom is 0.201 e. The second-order valence-electron chi connectivity index (χ2n) is 14.9. The highest BCUT2D eigenvalue weighted by molar-refractivity contribution is 6.15. The molecule has 0 bridgehead atoms. The van der Waals surface area contributed by atoms with Gasteiger partial charge in [0, 0.05) is 6.42 Å². The number of phenolic OH excluding ortho intramolecular Hbond substituents is 2. The molecule has 0 unspecified atom stereocenters. The Kier molecular flexibility index (Phi) is 9.66. The van der Waals surface area contributed by atoms with Gasteiger partial charge in [-0.2, -0.15) is 0 Å². The number of aliphatic hydroxyl groups excluding tert-OH is 3. The summed E-state index contributed by atoms with van der Waals surface area (Å²) in [7, 11) is 0. The van der Waals surface area contributed by atoms with Crippen molar-refractivity contribution in [2.24, 2.45) is 29.1 Å². The van der Waals surface area contributed by atoms with E-state index in [0.29, 0.717) is 59.5 Å². The monoisotopic (exact) mass is 638 g/mol. The highest BCUT2D eigenvalue weighted by Crippen LogP contribution is 2.59. The number of fused-ring (bicyclic) bond motifs is 3. The summed E-state index contributed by atoms with van der Waals surface area (Å²) >= 11 is 0. The molecule has 0 radical (unpaired) electrons. The number of hydrogen-bond donors (Lipinski definition) is 5. The van der Waals surface area contributed by atoms with E-state index in [2.05, 4.69) is 44.7 Å². The first-order valence-electron chi connectivity index (χ1n) is 17.5. The van der Waals surface area contributed by atoms with Crippen molar-refractivity contribution in [3.05, 3.63) is 106 Å². The van der Waals surface area contributed by atoms with Gasteiger partial charge in [-0.15, -0.1) is 0 Å². The van der Waals surface area contributed by atoms with E-state index in [-0.39, 0.29) is 23.4 Å². The van der Waals surface area contributed by atoms with E-state index in [1.165, 1.54) is 56.2 Å². The lowest BCUT2D eigenvalue weighted by Gasteiger charge is -2.44. The third-order valence-electron chi connectivity index (χ3n) is 11.7. The molecular weight excluding hydrogens is 588 g/mol. The van der Waals surface area contributed by atoms with Gasteiger partial charge in [-0.05, 0) is 121 Å². The molecule has 5 N–H and O–H groups in total. The zero-order chi connectivity index (χ0) is 33.5. The van der Waals surface area contributed by atoms with Crippen LogP contribution >= 0.6 is 0 Å². The summed E-state index contributed by atoms with van der Waals surface area (Å²) in [4.78, 5) is 12.2. The van der Waals surface area contributed by atoms with E-state index < -0.39 is 12.2 Å². The standard InChI is InChI=1S/C27H40O3.C14H10O3/c1-17(6-13-25(29)20-8-9-20)23-11-12-24-19(5-4-14-27(23,24)3)7-10-21-15-22(28)16-26(30)18(21)2;15-10-5-1-3-8-7-9-4-2-6-11(16)13(9)14(17)12(8)10/h6-7,10,13,17,20,22-26,28-30H,2,4-5,8-9,11-12,14-16H2,1,3H3;1-6,15-16H,7H2/b13-6+,19-7+,21-10-;/t17-,22-,23-,24+,25-,26+,27-;/m1./s1. The molecule has 6 nitrogen and oxygen atoms in total. The van der Waals surface area contributed by atoms with Crippen LogP contribution in [0.2, 0.25) is 0 Å². The minimum absolute atomic E-state index is 0.0265. The first-order chi connectivity index (χ1) is 22.5. The van der Waals surface area contributed by atoms with Crippen LogP contribution in [0.5, 0.6) is 11.5 Å². The number of carbonyl (C=O) groups excluding carboxylic acids is 1. The number of rotatable bonds is 5. The van der Waals surface area contributed by atoms with Crippen LogP contribution in [-0.4, -0.2) is 49.6 Å². The highest BCUT2D eigenvalue weighted by atomic mass is 16.3. The van der Waals surface area contributed by atoms with E-state index in [9.17, 15) is 30.3 Å². The predicted octanol–water partition coefficient (Wildman–Crippen LogP) is 7.32. The molecule has 0 amide bonds. The van der Waals surface area contributed by atoms with Gasteiger partial charge in [-0.25, -0.2) is 0 Å². The third kappa shape index (κ3) is 6.78. The summed E-state index contributed by atoms with van der Waals surface area (Å²) in [5.41, 5.74) is 5.84. The fourth-order valence-electron chi connectivity index (χ4n) is 8.95. The number of carbonyl (C=O) groups is 1. The molecule has 5 aliphatic rings. The summed E-state index contributed by atoms with van der Waals surface area (Å²) in [5.74, 6) is 1.91. The van der Waals surface area contributed by atoms with Crippen LogP contribution < -0.4 is 0 Å². The normalized spacial score (nSPS) is 31.6. The fraction of sp³-hybridized carbons (Fsp3) is 0.488. The van der Waals surface area contributed by atoms with Crippen molar-refractivity contribution >= 4 is 5.78 Å². The van der Waals surface area contributed by atoms with Crippen LogP contribution in [0.1, 0.15) is 98.7 Å². The Bertz CT molecular complexity index is 1560. The molecule has 0 aliphatic heterocycles. The lowest BCUT2D eigenvalue weighted by molar-refractivity contribution is 0.0862. The van der Waals surface area contributed by atoms with Crippen LogP contribution in [0.15, 0.2) is 84.0 Å². The van der Waals surface area contributed by atoms with E-state index in [4.69, 9.17) is 0 Å². The summed E-state index contributed by atoms with van der Waals surface area (Å²) in [5, 5.41) is 49.9. The van der Waals surface area contributed by atoms with E-state index in [0.717, 1.165) is 28.7 Å². The molecule has 2 aromatic rings. The predicted molar refractivity (Wildman–Crippen MR) is 184 cm³/mol. The van der Waals surface area contributed by atoms with Crippen molar-refractivity contribution in [3.63, 3.8) is 0 Å². The van der Waals surface area contributed by atoms with Gasteiger partial charge in [0.1, 0.15) is 11.5 Å². The third-order valence-corrected chi connectivity index (χ3v) is 11.7. The van der Waals surface area contributed by atoms with E-state index in [1.54, 1.807) is 12.1 Å². The van der Waals surface area contributed by atoms with Crippen molar-refractivity contribution in [3.8, 4) is 11.5 Å². The smallest absolute Gasteiger partial charge is 0.201 e. The van der Waals surface area contributed by atoms with Gasteiger partial charge in [-0.1, -0.05) is 74.6 Å². The number of hydrogen-bond acceptors (Lipinski definition) is 6. The van der Waals surface area contributed by atoms with Gasteiger partial charge in [0.25, 0.3) is 0 Å². The second kappa shape index (κ2) is 13.6. The van der Waals surface area contributed by atoms with Gasteiger partial charge in [0.15, 0.2) is 0 Å². The van der Waals surface area contributed by atoms with Crippen molar-refractivity contribution in [2.75, 3.05) is 0 Å². The van der Waals surface area contributed by atoms with E-state index in [1.807, 2.05) is 12.1 Å². The van der Waals surface area contributed by atoms with Crippen LogP contribution in [0.25, 0.3) is 0 Å². The first-order valence-corrected chi connectivity index (χ1v) is 17.5. The molecule has 7 atom stereocenters. The SMILES string of the molecule is C=C1/C(=C\C=C2/CCC[C@]3(C)[C@@H]([C@H](C)/C=C/[C@@H](O)C4CC4)CC[C@@H]23)C[C@@H](O)C[C@@H]1O.O=C1c2c(O)cccc2Cc2cccc(O)c21. The lowest BCUT2D eigenvalue weighted by atomic mass is 9.61. The fourth-order valence-corrected chi connectivity index (χ4v) is 8.95. The Morgan fingerprint density at radius 3 is 2.23 bits per heavy atom. The highest BCUT2D eigenvalue weighted by Gasteiger charge is 2.50. The molecule has 47 heavy (non-hydrogen) atoms. The van der Waals surface area contributed by atoms with Crippen LogP contribution in [0.4, 0.5) is 0 Å². The minimum atomic E-state index is -0.621. The largest absolute Gasteiger partial charge is 0.507 e. The van der Waals surface area contributed by atoms with Gasteiger partial charge in [-0.3, -0.25) is 4.79 Å².